The maximum atomic E-state index is 11.3. The maximum Gasteiger partial charge on any atom is 0.136 e. The highest BCUT2D eigenvalue weighted by Crippen LogP contribution is 2.13. The van der Waals surface area contributed by atoms with E-state index in [2.05, 4.69) is 58.9 Å². The molecule has 1 nitrogen and oxygen atoms in total. The first-order valence-electron chi connectivity index (χ1n) is 9.47. The summed E-state index contributed by atoms with van der Waals surface area (Å²) in [7, 11) is 0. The van der Waals surface area contributed by atoms with Crippen LogP contribution < -0.4 is 0 Å². The third kappa shape index (κ3) is 14.2. The summed E-state index contributed by atoms with van der Waals surface area (Å²) in [5.41, 5.74) is 5.71. The number of Topliss-reactive ketones (excluding diaryl/α,β-unsaturated/α-hetero) is 1. The lowest BCUT2D eigenvalue weighted by Crippen LogP contribution is -1.92. The van der Waals surface area contributed by atoms with E-state index >= 15 is 0 Å². The van der Waals surface area contributed by atoms with E-state index in [0.29, 0.717) is 18.6 Å². The summed E-state index contributed by atoms with van der Waals surface area (Å²) < 4.78 is 0. The van der Waals surface area contributed by atoms with Crippen molar-refractivity contribution < 1.29 is 4.79 Å². The molecule has 0 rings (SSSR count). The molecule has 0 aromatic heterocycles. The van der Waals surface area contributed by atoms with Crippen LogP contribution in [-0.2, 0) is 4.79 Å². The predicted molar refractivity (Wildman–Crippen MR) is 108 cm³/mol. The molecule has 0 spiro atoms. The highest BCUT2D eigenvalue weighted by Gasteiger charge is 1.96. The van der Waals surface area contributed by atoms with E-state index in [0.717, 1.165) is 32.1 Å². The molecule has 0 heterocycles. The van der Waals surface area contributed by atoms with Crippen LogP contribution in [0.15, 0.2) is 46.6 Å². The van der Waals surface area contributed by atoms with E-state index in [-0.39, 0.29) is 0 Å². The van der Waals surface area contributed by atoms with Crippen molar-refractivity contribution in [3.05, 3.63) is 46.6 Å². The summed E-state index contributed by atoms with van der Waals surface area (Å²) in [6.07, 6.45) is 17.2. The number of carbonyl (C=O) groups is 1. The van der Waals surface area contributed by atoms with Crippen molar-refractivity contribution >= 4 is 5.78 Å². The van der Waals surface area contributed by atoms with Crippen LogP contribution in [0.2, 0.25) is 0 Å². The number of hydrogen-bond donors (Lipinski definition) is 0. The molecule has 136 valence electrons. The third-order valence-electron chi connectivity index (χ3n) is 4.23. The van der Waals surface area contributed by atoms with E-state index in [1.165, 1.54) is 28.7 Å². The van der Waals surface area contributed by atoms with Gasteiger partial charge in [0.1, 0.15) is 5.78 Å². The highest BCUT2D eigenvalue weighted by atomic mass is 16.1. The minimum atomic E-state index is 0.327. The Morgan fingerprint density at radius 3 is 1.50 bits per heavy atom. The average Bonchev–Trinajstić information content (AvgIpc) is 2.52. The van der Waals surface area contributed by atoms with Crippen LogP contribution >= 0.6 is 0 Å². The molecule has 0 bridgehead atoms. The van der Waals surface area contributed by atoms with E-state index < -0.39 is 0 Å². The SMILES string of the molecule is CCC(=O)C/C=C(\C)CC/C=C(\C)CC/C=C(\C)CCC=C(C)C. The van der Waals surface area contributed by atoms with Gasteiger partial charge >= 0.3 is 0 Å². The Labute approximate surface area is 150 Å². The van der Waals surface area contributed by atoms with Gasteiger partial charge in [0.25, 0.3) is 0 Å². The van der Waals surface area contributed by atoms with Crippen LogP contribution in [0.1, 0.15) is 92.9 Å². The Morgan fingerprint density at radius 2 is 1.08 bits per heavy atom. The molecule has 0 saturated heterocycles. The van der Waals surface area contributed by atoms with Gasteiger partial charge in [-0.2, -0.15) is 0 Å². The van der Waals surface area contributed by atoms with Crippen molar-refractivity contribution in [1.29, 1.82) is 0 Å². The molecule has 0 aromatic rings. The minimum absolute atomic E-state index is 0.327. The molecule has 0 radical (unpaired) electrons. The minimum Gasteiger partial charge on any atom is -0.299 e. The largest absolute Gasteiger partial charge is 0.299 e. The van der Waals surface area contributed by atoms with Crippen molar-refractivity contribution in [2.45, 2.75) is 92.9 Å². The second-order valence-electron chi connectivity index (χ2n) is 7.15. The molecular weight excluding hydrogens is 292 g/mol. The Bertz CT molecular complexity index is 482. The maximum absolute atomic E-state index is 11.3. The van der Waals surface area contributed by atoms with Crippen LogP contribution in [0, 0.1) is 0 Å². The van der Waals surface area contributed by atoms with Gasteiger partial charge in [0.05, 0.1) is 0 Å². The normalized spacial score (nSPS) is 13.2. The molecule has 0 aromatic carbocycles. The molecule has 0 amide bonds. The first-order valence-corrected chi connectivity index (χ1v) is 9.47. The van der Waals surface area contributed by atoms with Gasteiger partial charge in [-0.25, -0.2) is 0 Å². The molecule has 0 aliphatic heterocycles. The van der Waals surface area contributed by atoms with Crippen LogP contribution in [-0.4, -0.2) is 5.78 Å². The fourth-order valence-electron chi connectivity index (χ4n) is 2.42. The fraction of sp³-hybridized carbons (Fsp3) is 0.609. The zero-order chi connectivity index (χ0) is 18.4. The van der Waals surface area contributed by atoms with Gasteiger partial charge in [0.15, 0.2) is 0 Å². The van der Waals surface area contributed by atoms with Gasteiger partial charge in [0, 0.05) is 12.8 Å². The summed E-state index contributed by atoms with van der Waals surface area (Å²) in [5.74, 6) is 0.327. The lowest BCUT2D eigenvalue weighted by Gasteiger charge is -2.02. The average molecular weight is 331 g/mol. The molecule has 24 heavy (non-hydrogen) atoms. The molecule has 0 aliphatic carbocycles. The summed E-state index contributed by atoms with van der Waals surface area (Å²) in [5, 5.41) is 0. The van der Waals surface area contributed by atoms with Crippen LogP contribution in [0.5, 0.6) is 0 Å². The molecule has 0 aliphatic rings. The van der Waals surface area contributed by atoms with Gasteiger partial charge in [-0.15, -0.1) is 0 Å². The van der Waals surface area contributed by atoms with E-state index in [1.807, 2.05) is 6.92 Å². The molecule has 1 heteroatoms. The highest BCUT2D eigenvalue weighted by molar-refractivity contribution is 5.79. The molecule has 0 atom stereocenters. The van der Waals surface area contributed by atoms with Gasteiger partial charge in [-0.05, 0) is 73.1 Å². The molecule has 0 saturated carbocycles. The molecule has 0 N–H and O–H groups in total. The lowest BCUT2D eigenvalue weighted by atomic mass is 10.0. The van der Waals surface area contributed by atoms with Crippen molar-refractivity contribution in [2.24, 2.45) is 0 Å². The number of hydrogen-bond acceptors (Lipinski definition) is 1. The standard InChI is InChI=1S/C23H38O/c1-7-23(24)18-17-22(6)16-10-15-21(5)14-9-13-20(4)12-8-11-19(2)3/h11,13,15,17H,7-10,12,14,16,18H2,1-6H3/b20-13+,21-15+,22-17+. The van der Waals surface area contributed by atoms with Crippen LogP contribution in [0.4, 0.5) is 0 Å². The van der Waals surface area contributed by atoms with Crippen molar-refractivity contribution in [3.63, 3.8) is 0 Å². The van der Waals surface area contributed by atoms with E-state index in [1.54, 1.807) is 0 Å². The molecular formula is C23H38O. The number of allylic oxidation sites excluding steroid dienone is 8. The van der Waals surface area contributed by atoms with Crippen molar-refractivity contribution in [3.8, 4) is 0 Å². The number of carbonyl (C=O) groups excluding carboxylic acids is 1. The Balaban J connectivity index is 4.02. The van der Waals surface area contributed by atoms with Gasteiger partial charge in [-0.3, -0.25) is 4.79 Å². The summed E-state index contributed by atoms with van der Waals surface area (Å²) in [4.78, 5) is 11.3. The quantitative estimate of drug-likeness (QED) is 0.338. The molecule has 0 fully saturated rings. The second kappa shape index (κ2) is 14.0. The summed E-state index contributed by atoms with van der Waals surface area (Å²) >= 11 is 0. The Morgan fingerprint density at radius 1 is 0.667 bits per heavy atom. The summed E-state index contributed by atoms with van der Waals surface area (Å²) in [6, 6.07) is 0. The number of rotatable bonds is 12. The van der Waals surface area contributed by atoms with Crippen molar-refractivity contribution in [2.75, 3.05) is 0 Å². The lowest BCUT2D eigenvalue weighted by molar-refractivity contribution is -0.117. The van der Waals surface area contributed by atoms with Crippen LogP contribution in [0.3, 0.4) is 0 Å². The zero-order valence-corrected chi connectivity index (χ0v) is 16.9. The fourth-order valence-corrected chi connectivity index (χ4v) is 2.42. The first-order chi connectivity index (χ1) is 11.3. The summed E-state index contributed by atoms with van der Waals surface area (Å²) in [6.45, 7) is 12.8. The Kier molecular flexibility index (Phi) is 13.2. The van der Waals surface area contributed by atoms with Crippen LogP contribution in [0.25, 0.3) is 0 Å². The van der Waals surface area contributed by atoms with Gasteiger partial charge in [0.2, 0.25) is 0 Å². The number of ketones is 1. The second-order valence-corrected chi connectivity index (χ2v) is 7.15. The van der Waals surface area contributed by atoms with Gasteiger partial charge < -0.3 is 0 Å². The predicted octanol–water partition coefficient (Wildman–Crippen LogP) is 7.50. The van der Waals surface area contributed by atoms with E-state index in [4.69, 9.17) is 0 Å². The van der Waals surface area contributed by atoms with Crippen molar-refractivity contribution in [1.82, 2.24) is 0 Å². The smallest absolute Gasteiger partial charge is 0.136 e. The zero-order valence-electron chi connectivity index (χ0n) is 16.9. The molecule has 0 unspecified atom stereocenters. The topological polar surface area (TPSA) is 17.1 Å². The van der Waals surface area contributed by atoms with Gasteiger partial charge in [-0.1, -0.05) is 53.5 Å². The monoisotopic (exact) mass is 330 g/mol. The Hall–Kier alpha value is -1.37. The first kappa shape index (κ1) is 22.6. The third-order valence-corrected chi connectivity index (χ3v) is 4.23. The van der Waals surface area contributed by atoms with E-state index in [9.17, 15) is 4.79 Å².